The van der Waals surface area contributed by atoms with Gasteiger partial charge in [-0.2, -0.15) is 0 Å². The van der Waals surface area contributed by atoms with Crippen LogP contribution < -0.4 is 5.32 Å². The van der Waals surface area contributed by atoms with Gasteiger partial charge in [0.05, 0.1) is 11.3 Å². The highest BCUT2D eigenvalue weighted by Crippen LogP contribution is 2.45. The zero-order valence-electron chi connectivity index (χ0n) is 7.04. The number of hydrogen-bond acceptors (Lipinski definition) is 4. The van der Waals surface area contributed by atoms with Gasteiger partial charge in [-0.15, -0.1) is 11.3 Å². The molecule has 0 saturated carbocycles. The number of ether oxygens (including phenoxy) is 1. The Kier molecular flexibility index (Phi) is 2.26. The lowest BCUT2D eigenvalue weighted by Gasteiger charge is -2.04. The molecule has 0 unspecified atom stereocenters. The number of Topliss-reactive ketones (excluding diaryl/α,β-unsaturated/α-hetero) is 1. The minimum Gasteiger partial charge on any atom is -0.435 e. The third-order valence-electron chi connectivity index (χ3n) is 2.48. The Morgan fingerprint density at radius 2 is 2.00 bits per heavy atom. The molecule has 3 rings (SSSR count). The van der Waals surface area contributed by atoms with E-state index in [9.17, 15) is 9.59 Å². The van der Waals surface area contributed by atoms with E-state index >= 15 is 0 Å². The van der Waals surface area contributed by atoms with Crippen molar-refractivity contribution in [2.75, 3.05) is 0 Å². The van der Waals surface area contributed by atoms with Gasteiger partial charge >= 0.3 is 6.09 Å². The van der Waals surface area contributed by atoms with Gasteiger partial charge in [-0.1, -0.05) is 0 Å². The highest BCUT2D eigenvalue weighted by Gasteiger charge is 2.50. The molecule has 2 atom stereocenters. The van der Waals surface area contributed by atoms with E-state index in [1.807, 2.05) is 0 Å². The molecular weight excluding hydrogens is 444 g/mol. The predicted molar refractivity (Wildman–Crippen MR) is 70.2 cm³/mol. The Bertz CT molecular complexity index is 498. The van der Waals surface area contributed by atoms with E-state index in [1.54, 1.807) is 11.3 Å². The molecule has 1 aromatic heterocycles. The van der Waals surface area contributed by atoms with Crippen LogP contribution in [0.3, 0.4) is 0 Å². The fourth-order valence-corrected chi connectivity index (χ4v) is 6.44. The van der Waals surface area contributed by atoms with Crippen molar-refractivity contribution in [2.45, 2.75) is 12.1 Å². The molecule has 0 radical (unpaired) electrons. The van der Waals surface area contributed by atoms with Crippen molar-refractivity contribution in [3.8, 4) is 0 Å². The zero-order chi connectivity index (χ0) is 10.7. The number of nitrogens with one attached hydrogen (secondary N) is 1. The number of carbonyl (C=O) groups excluding carboxylic acids is 2. The number of fused-ring (bicyclic) bond motifs is 3. The summed E-state index contributed by atoms with van der Waals surface area (Å²) >= 11 is 5.92. The Balaban J connectivity index is 2.21. The third kappa shape index (κ3) is 1.28. The maximum atomic E-state index is 11.9. The summed E-state index contributed by atoms with van der Waals surface area (Å²) in [6.07, 6.45) is -1.14. The second kappa shape index (κ2) is 3.29. The maximum absolute atomic E-state index is 11.9. The van der Waals surface area contributed by atoms with Crippen molar-refractivity contribution in [2.24, 2.45) is 0 Å². The van der Waals surface area contributed by atoms with E-state index in [0.717, 1.165) is 16.9 Å². The molecule has 2 aliphatic rings. The van der Waals surface area contributed by atoms with Crippen molar-refractivity contribution >= 4 is 68.4 Å². The van der Waals surface area contributed by atoms with Crippen LogP contribution in [0.1, 0.15) is 22.0 Å². The van der Waals surface area contributed by atoms with Crippen LogP contribution in [0, 0.1) is 5.77 Å². The summed E-state index contributed by atoms with van der Waals surface area (Å²) in [7, 11) is 0. The number of hydrogen-bond donors (Lipinski definition) is 1. The summed E-state index contributed by atoms with van der Waals surface area (Å²) in [5.74, 6) is -0.0723. The first kappa shape index (κ1) is 10.3. The normalized spacial score (nSPS) is 27.3. The molecule has 1 N–H and O–H groups in total. The van der Waals surface area contributed by atoms with E-state index in [4.69, 9.17) is 4.74 Å². The van der Waals surface area contributed by atoms with Crippen LogP contribution in [-0.4, -0.2) is 18.0 Å². The number of halogens is 2. The molecule has 7 heteroatoms. The first-order chi connectivity index (χ1) is 7.09. The quantitative estimate of drug-likeness (QED) is 0.622. The molecule has 4 nitrogen and oxygen atoms in total. The average Bonchev–Trinajstić information content (AvgIpc) is 2.71. The van der Waals surface area contributed by atoms with Gasteiger partial charge in [-0.05, 0) is 45.2 Å². The van der Waals surface area contributed by atoms with Gasteiger partial charge in [0.25, 0.3) is 0 Å². The number of carbonyl (C=O) groups is 2. The van der Waals surface area contributed by atoms with Gasteiger partial charge in [0.2, 0.25) is 5.78 Å². The average molecular weight is 447 g/mol. The van der Waals surface area contributed by atoms with Crippen LogP contribution in [0.15, 0.2) is 0 Å². The lowest BCUT2D eigenvalue weighted by Crippen LogP contribution is -2.21. The third-order valence-corrected chi connectivity index (χ3v) is 5.71. The minimum atomic E-state index is -0.641. The van der Waals surface area contributed by atoms with Crippen LogP contribution in [0.5, 0.6) is 0 Å². The summed E-state index contributed by atoms with van der Waals surface area (Å²) in [5.41, 5.74) is 1.67. The van der Waals surface area contributed by atoms with Gasteiger partial charge in [-0.25, -0.2) is 4.79 Å². The lowest BCUT2D eigenvalue weighted by atomic mass is 10.2. The predicted octanol–water partition coefficient (Wildman–Crippen LogP) is 2.30. The SMILES string of the molecule is O=C1N[C@H]2c3c(I)sc(I)c3C(=O)[C@H]2O1. The van der Waals surface area contributed by atoms with Crippen molar-refractivity contribution in [3.05, 3.63) is 16.9 Å². The Morgan fingerprint density at radius 3 is 2.73 bits per heavy atom. The second-order valence-electron chi connectivity index (χ2n) is 3.25. The fourth-order valence-electron chi connectivity index (χ4n) is 1.89. The van der Waals surface area contributed by atoms with Crippen molar-refractivity contribution < 1.29 is 14.3 Å². The number of rotatable bonds is 0. The van der Waals surface area contributed by atoms with E-state index in [0.29, 0.717) is 0 Å². The van der Waals surface area contributed by atoms with E-state index < -0.39 is 12.2 Å². The Morgan fingerprint density at radius 1 is 1.27 bits per heavy atom. The first-order valence-electron chi connectivity index (χ1n) is 4.08. The second-order valence-corrected chi connectivity index (χ2v) is 7.89. The molecule has 0 aromatic carbocycles. The molecule has 1 aromatic rings. The van der Waals surface area contributed by atoms with E-state index in [-0.39, 0.29) is 11.8 Å². The molecule has 2 heterocycles. The van der Waals surface area contributed by atoms with Crippen molar-refractivity contribution in [1.29, 1.82) is 0 Å². The summed E-state index contributed by atoms with van der Waals surface area (Å²) < 4.78 is 6.98. The molecule has 1 saturated heterocycles. The van der Waals surface area contributed by atoms with Crippen molar-refractivity contribution in [3.63, 3.8) is 0 Å². The number of alkyl carbamates (subject to hydrolysis) is 1. The van der Waals surface area contributed by atoms with Crippen LogP contribution in [0.25, 0.3) is 0 Å². The largest absolute Gasteiger partial charge is 0.435 e. The van der Waals surface area contributed by atoms with Gasteiger partial charge in [0.15, 0.2) is 6.10 Å². The Labute approximate surface area is 116 Å². The minimum absolute atomic E-state index is 0.0723. The summed E-state index contributed by atoms with van der Waals surface area (Å²) in [6, 6.07) is -0.272. The number of thiophene rings is 1. The van der Waals surface area contributed by atoms with Crippen LogP contribution in [0.4, 0.5) is 4.79 Å². The van der Waals surface area contributed by atoms with Crippen LogP contribution in [-0.2, 0) is 4.74 Å². The molecule has 1 amide bonds. The number of ketones is 1. The molecule has 0 bridgehead atoms. The summed E-state index contributed by atoms with van der Waals surface area (Å²) in [4.78, 5) is 23.0. The molecule has 0 spiro atoms. The molecule has 78 valence electrons. The standard InChI is InChI=1S/C8H3I2NO3S/c9-6-1-2(7(10)15-6)4(12)5-3(1)11-8(13)14-5/h3,5H,(H,11,13)/t3-,5-/m0/s1. The molecule has 1 fully saturated rings. The first-order valence-corrected chi connectivity index (χ1v) is 7.06. The van der Waals surface area contributed by atoms with E-state index in [1.165, 1.54) is 0 Å². The summed E-state index contributed by atoms with van der Waals surface area (Å²) in [6.45, 7) is 0. The molecule has 1 aliphatic carbocycles. The summed E-state index contributed by atoms with van der Waals surface area (Å²) in [5, 5.41) is 2.67. The monoisotopic (exact) mass is 447 g/mol. The smallest absolute Gasteiger partial charge is 0.408 e. The topological polar surface area (TPSA) is 55.4 Å². The fraction of sp³-hybridized carbons (Fsp3) is 0.250. The molecular formula is C8H3I2NO3S. The highest BCUT2D eigenvalue weighted by atomic mass is 127. The van der Waals surface area contributed by atoms with Crippen LogP contribution in [0.2, 0.25) is 0 Å². The maximum Gasteiger partial charge on any atom is 0.408 e. The molecule has 1 aliphatic heterocycles. The van der Waals surface area contributed by atoms with Gasteiger partial charge < -0.3 is 10.1 Å². The van der Waals surface area contributed by atoms with E-state index in [2.05, 4.69) is 50.5 Å². The van der Waals surface area contributed by atoms with Crippen molar-refractivity contribution in [1.82, 2.24) is 5.32 Å². The van der Waals surface area contributed by atoms with Crippen LogP contribution >= 0.6 is 56.5 Å². The van der Waals surface area contributed by atoms with Gasteiger partial charge in [0, 0.05) is 5.56 Å². The van der Waals surface area contributed by atoms with Gasteiger partial charge in [0.1, 0.15) is 6.04 Å². The molecule has 15 heavy (non-hydrogen) atoms. The highest BCUT2D eigenvalue weighted by molar-refractivity contribution is 14.1. The van der Waals surface area contributed by atoms with Gasteiger partial charge in [-0.3, -0.25) is 4.79 Å². The number of amides is 1. The zero-order valence-corrected chi connectivity index (χ0v) is 12.2. The Hall–Kier alpha value is 0.1000. The lowest BCUT2D eigenvalue weighted by molar-refractivity contribution is 0.0752.